The van der Waals surface area contributed by atoms with Crippen LogP contribution in [0.25, 0.3) is 5.57 Å². The minimum Gasteiger partial charge on any atom is -0.508 e. The number of rotatable bonds is 3. The Morgan fingerprint density at radius 3 is 2.96 bits per heavy atom. The van der Waals surface area contributed by atoms with E-state index in [4.69, 9.17) is 4.74 Å². The Balaban J connectivity index is 2.01. The van der Waals surface area contributed by atoms with Crippen LogP contribution in [0.5, 0.6) is 11.5 Å². The van der Waals surface area contributed by atoms with Gasteiger partial charge in [0.2, 0.25) is 0 Å². The van der Waals surface area contributed by atoms with Gasteiger partial charge in [-0.05, 0) is 69.9 Å². The van der Waals surface area contributed by atoms with E-state index in [-0.39, 0.29) is 23.1 Å². The summed E-state index contributed by atoms with van der Waals surface area (Å²) in [4.78, 5) is 11.9. The van der Waals surface area contributed by atoms with Crippen molar-refractivity contribution in [1.29, 1.82) is 0 Å². The number of ketones is 1. The highest BCUT2D eigenvalue weighted by molar-refractivity contribution is 6.00. The van der Waals surface area contributed by atoms with Crippen molar-refractivity contribution in [2.24, 2.45) is 5.92 Å². The molecule has 2 unspecified atom stereocenters. The summed E-state index contributed by atoms with van der Waals surface area (Å²) in [5.74, 6) is 1.33. The number of phenolic OH excluding ortho intramolecular Hbond substituents is 1. The molecule has 0 saturated carbocycles. The van der Waals surface area contributed by atoms with Crippen LogP contribution in [0.1, 0.15) is 52.0 Å². The SMILES string of the molecule is CC(C)=CCCC1(C)Oc2ccc(O)cc2C2=CC(=O)CCC21. The summed E-state index contributed by atoms with van der Waals surface area (Å²) in [5, 5.41) is 9.80. The lowest BCUT2D eigenvalue weighted by Crippen LogP contribution is -2.45. The van der Waals surface area contributed by atoms with Crippen molar-refractivity contribution < 1.29 is 14.6 Å². The van der Waals surface area contributed by atoms with Crippen LogP contribution in [0.3, 0.4) is 0 Å². The Labute approximate surface area is 137 Å². The van der Waals surface area contributed by atoms with Crippen LogP contribution in [0.4, 0.5) is 0 Å². The zero-order valence-corrected chi connectivity index (χ0v) is 14.1. The number of benzene rings is 1. The molecule has 0 saturated heterocycles. The van der Waals surface area contributed by atoms with Gasteiger partial charge in [-0.1, -0.05) is 11.6 Å². The van der Waals surface area contributed by atoms with Crippen LogP contribution < -0.4 is 4.74 Å². The molecule has 1 N–H and O–H groups in total. The van der Waals surface area contributed by atoms with E-state index in [0.717, 1.165) is 36.1 Å². The summed E-state index contributed by atoms with van der Waals surface area (Å²) >= 11 is 0. The van der Waals surface area contributed by atoms with Crippen molar-refractivity contribution in [3.63, 3.8) is 0 Å². The number of ether oxygens (including phenoxy) is 1. The molecule has 1 aliphatic carbocycles. The van der Waals surface area contributed by atoms with Gasteiger partial charge in [0.1, 0.15) is 17.1 Å². The third-order valence-corrected chi connectivity index (χ3v) is 4.92. The molecule has 122 valence electrons. The highest BCUT2D eigenvalue weighted by atomic mass is 16.5. The molecule has 3 rings (SSSR count). The molecular formula is C20H24O3. The number of fused-ring (bicyclic) bond motifs is 3. The molecule has 0 bridgehead atoms. The van der Waals surface area contributed by atoms with Crippen molar-refractivity contribution in [3.05, 3.63) is 41.5 Å². The molecule has 2 aliphatic rings. The average Bonchev–Trinajstić information content (AvgIpc) is 2.48. The normalized spacial score (nSPS) is 25.8. The summed E-state index contributed by atoms with van der Waals surface area (Å²) in [5.41, 5.74) is 2.88. The number of aromatic hydroxyl groups is 1. The van der Waals surface area contributed by atoms with Gasteiger partial charge in [0.25, 0.3) is 0 Å². The van der Waals surface area contributed by atoms with Crippen molar-refractivity contribution in [3.8, 4) is 11.5 Å². The lowest BCUT2D eigenvalue weighted by molar-refractivity contribution is -0.115. The predicted octanol–water partition coefficient (Wildman–Crippen LogP) is 4.65. The quantitative estimate of drug-likeness (QED) is 0.826. The Morgan fingerprint density at radius 1 is 1.43 bits per heavy atom. The zero-order valence-electron chi connectivity index (χ0n) is 14.1. The largest absolute Gasteiger partial charge is 0.508 e. The first-order valence-electron chi connectivity index (χ1n) is 8.29. The molecule has 0 fully saturated rings. The third-order valence-electron chi connectivity index (χ3n) is 4.92. The highest BCUT2D eigenvalue weighted by Crippen LogP contribution is 2.50. The Kier molecular flexibility index (Phi) is 4.05. The van der Waals surface area contributed by atoms with E-state index >= 15 is 0 Å². The zero-order chi connectivity index (χ0) is 16.6. The van der Waals surface area contributed by atoms with E-state index < -0.39 is 0 Å². The molecule has 0 aromatic heterocycles. The predicted molar refractivity (Wildman–Crippen MR) is 91.5 cm³/mol. The highest BCUT2D eigenvalue weighted by Gasteiger charge is 2.44. The van der Waals surface area contributed by atoms with Gasteiger partial charge in [0.05, 0.1) is 0 Å². The Morgan fingerprint density at radius 2 is 2.22 bits per heavy atom. The average molecular weight is 312 g/mol. The number of hydrogen-bond acceptors (Lipinski definition) is 3. The van der Waals surface area contributed by atoms with Gasteiger partial charge >= 0.3 is 0 Å². The Hall–Kier alpha value is -2.03. The maximum absolute atomic E-state index is 11.9. The molecule has 0 radical (unpaired) electrons. The van der Waals surface area contributed by atoms with Crippen LogP contribution in [-0.4, -0.2) is 16.5 Å². The monoisotopic (exact) mass is 312 g/mol. The lowest BCUT2D eigenvalue weighted by atomic mass is 9.70. The van der Waals surface area contributed by atoms with E-state index in [1.807, 2.05) is 0 Å². The molecule has 23 heavy (non-hydrogen) atoms. The van der Waals surface area contributed by atoms with Crippen molar-refractivity contribution >= 4 is 11.4 Å². The van der Waals surface area contributed by atoms with E-state index in [1.54, 1.807) is 24.3 Å². The lowest BCUT2D eigenvalue weighted by Gasteiger charge is -2.45. The van der Waals surface area contributed by atoms with Gasteiger partial charge < -0.3 is 9.84 Å². The van der Waals surface area contributed by atoms with Crippen molar-refractivity contribution in [1.82, 2.24) is 0 Å². The van der Waals surface area contributed by atoms with E-state index in [1.165, 1.54) is 5.57 Å². The standard InChI is InChI=1S/C20H24O3/c1-13(2)5-4-10-20(3)18-8-6-14(21)11-16(18)17-12-15(22)7-9-19(17)23-20/h5,7,9,11-12,18,22H,4,6,8,10H2,1-3H3. The molecule has 0 amide bonds. The molecule has 2 atom stereocenters. The van der Waals surface area contributed by atoms with Crippen LogP contribution in [0.2, 0.25) is 0 Å². The molecular weight excluding hydrogens is 288 g/mol. The number of carbonyl (C=O) groups excluding carboxylic acids is 1. The molecule has 1 aromatic carbocycles. The second kappa shape index (κ2) is 5.88. The van der Waals surface area contributed by atoms with Crippen LogP contribution in [-0.2, 0) is 4.79 Å². The van der Waals surface area contributed by atoms with Crippen LogP contribution in [0, 0.1) is 5.92 Å². The van der Waals surface area contributed by atoms with Gasteiger partial charge in [-0.25, -0.2) is 0 Å². The first-order valence-corrected chi connectivity index (χ1v) is 8.29. The van der Waals surface area contributed by atoms with Gasteiger partial charge in [0.15, 0.2) is 5.78 Å². The van der Waals surface area contributed by atoms with E-state index in [9.17, 15) is 9.90 Å². The fourth-order valence-electron chi connectivity index (χ4n) is 3.72. The minimum absolute atomic E-state index is 0.166. The number of carbonyl (C=O) groups is 1. The molecule has 3 nitrogen and oxygen atoms in total. The van der Waals surface area contributed by atoms with Crippen LogP contribution in [0.15, 0.2) is 35.9 Å². The van der Waals surface area contributed by atoms with E-state index in [0.29, 0.717) is 6.42 Å². The van der Waals surface area contributed by atoms with Gasteiger partial charge in [-0.15, -0.1) is 0 Å². The maximum Gasteiger partial charge on any atom is 0.156 e. The smallest absolute Gasteiger partial charge is 0.156 e. The summed E-state index contributed by atoms with van der Waals surface area (Å²) in [6, 6.07) is 5.16. The minimum atomic E-state index is -0.317. The fraction of sp³-hybridized carbons (Fsp3) is 0.450. The van der Waals surface area contributed by atoms with Gasteiger partial charge in [-0.2, -0.15) is 0 Å². The second-order valence-electron chi connectivity index (χ2n) is 7.07. The molecule has 1 heterocycles. The molecule has 1 aromatic rings. The van der Waals surface area contributed by atoms with Gasteiger partial charge in [-0.3, -0.25) is 4.79 Å². The number of allylic oxidation sites excluding steroid dienone is 3. The first-order chi connectivity index (χ1) is 10.9. The van der Waals surface area contributed by atoms with Crippen LogP contribution >= 0.6 is 0 Å². The first kappa shape index (κ1) is 15.9. The molecule has 1 aliphatic heterocycles. The van der Waals surface area contributed by atoms with Crippen molar-refractivity contribution in [2.45, 2.75) is 52.1 Å². The maximum atomic E-state index is 11.9. The molecule has 0 spiro atoms. The summed E-state index contributed by atoms with van der Waals surface area (Å²) in [6.07, 6.45) is 7.25. The third kappa shape index (κ3) is 3.05. The fourth-order valence-corrected chi connectivity index (χ4v) is 3.72. The summed E-state index contributed by atoms with van der Waals surface area (Å²) in [7, 11) is 0. The Bertz CT molecular complexity index is 695. The number of hydrogen-bond donors (Lipinski definition) is 1. The topological polar surface area (TPSA) is 46.5 Å². The summed E-state index contributed by atoms with van der Waals surface area (Å²) < 4.78 is 6.37. The van der Waals surface area contributed by atoms with E-state index in [2.05, 4.69) is 26.8 Å². The van der Waals surface area contributed by atoms with Gasteiger partial charge in [0, 0.05) is 17.9 Å². The van der Waals surface area contributed by atoms with Crippen molar-refractivity contribution in [2.75, 3.05) is 0 Å². The second-order valence-corrected chi connectivity index (χ2v) is 7.07. The summed E-state index contributed by atoms with van der Waals surface area (Å²) in [6.45, 7) is 6.36. The molecule has 3 heteroatoms. The number of phenols is 1.